The zero-order chi connectivity index (χ0) is 9.80. The molecular weight excluding hydrogens is 264 g/mol. The molecule has 5 heteroatoms. The van der Waals surface area contributed by atoms with E-state index in [0.717, 1.165) is 28.5 Å². The molecule has 0 amide bonds. The lowest BCUT2D eigenvalue weighted by molar-refractivity contribution is 0.107. The number of nitrogens with zero attached hydrogens (tertiary/aromatic N) is 1. The van der Waals surface area contributed by atoms with Gasteiger partial charge in [-0.25, -0.2) is 4.98 Å². The van der Waals surface area contributed by atoms with E-state index in [2.05, 4.69) is 26.2 Å². The highest BCUT2D eigenvalue weighted by molar-refractivity contribution is 9.11. The van der Waals surface area contributed by atoms with E-state index < -0.39 is 0 Å². The summed E-state index contributed by atoms with van der Waals surface area (Å²) < 4.78 is 6.60. The maximum Gasteiger partial charge on any atom is 0.183 e. The minimum Gasteiger partial charge on any atom is -0.378 e. The summed E-state index contributed by atoms with van der Waals surface area (Å²) in [5, 5.41) is 4.27. The van der Waals surface area contributed by atoms with Crippen LogP contribution in [0.25, 0.3) is 0 Å². The smallest absolute Gasteiger partial charge is 0.183 e. The number of rotatable bonds is 4. The lowest BCUT2D eigenvalue weighted by atomic mass is 10.2. The Kier molecular flexibility index (Phi) is 3.78. The number of anilines is 1. The van der Waals surface area contributed by atoms with Crippen molar-refractivity contribution in [2.45, 2.75) is 25.4 Å². The average molecular weight is 277 g/mol. The van der Waals surface area contributed by atoms with Crippen LogP contribution in [0.3, 0.4) is 0 Å². The van der Waals surface area contributed by atoms with Crippen LogP contribution in [0.5, 0.6) is 0 Å². The Morgan fingerprint density at radius 3 is 3.29 bits per heavy atom. The fraction of sp³-hybridized carbons (Fsp3) is 0.667. The summed E-state index contributed by atoms with van der Waals surface area (Å²) in [4.78, 5) is 4.20. The Morgan fingerprint density at radius 2 is 2.64 bits per heavy atom. The minimum atomic E-state index is 0.464. The van der Waals surface area contributed by atoms with Crippen LogP contribution < -0.4 is 5.32 Å². The Hall–Kier alpha value is -0.130. The van der Waals surface area contributed by atoms with Gasteiger partial charge in [0.25, 0.3) is 0 Å². The number of ether oxygens (including phenoxy) is 1. The predicted molar refractivity (Wildman–Crippen MR) is 61.9 cm³/mol. The van der Waals surface area contributed by atoms with Gasteiger partial charge in [-0.2, -0.15) is 0 Å². The van der Waals surface area contributed by atoms with E-state index in [1.807, 2.05) is 6.20 Å². The van der Waals surface area contributed by atoms with Crippen molar-refractivity contribution in [3.8, 4) is 0 Å². The SMILES string of the molecule is Brc1cnc(NCCC2CCCO2)s1. The molecule has 0 spiro atoms. The molecule has 1 aromatic rings. The highest BCUT2D eigenvalue weighted by atomic mass is 79.9. The van der Waals surface area contributed by atoms with Gasteiger partial charge in [0.1, 0.15) is 0 Å². The fourth-order valence-electron chi connectivity index (χ4n) is 1.55. The summed E-state index contributed by atoms with van der Waals surface area (Å²) in [5.41, 5.74) is 0. The average Bonchev–Trinajstić information content (AvgIpc) is 2.77. The van der Waals surface area contributed by atoms with E-state index in [1.54, 1.807) is 11.3 Å². The molecule has 1 aromatic heterocycles. The van der Waals surface area contributed by atoms with Crippen molar-refractivity contribution in [1.29, 1.82) is 0 Å². The molecule has 1 N–H and O–H groups in total. The molecule has 78 valence electrons. The molecule has 1 fully saturated rings. The maximum absolute atomic E-state index is 5.53. The summed E-state index contributed by atoms with van der Waals surface area (Å²) in [7, 11) is 0. The number of aromatic nitrogens is 1. The van der Waals surface area contributed by atoms with Crippen LogP contribution in [0, 0.1) is 0 Å². The Balaban J connectivity index is 1.67. The molecular formula is C9H13BrN2OS. The molecule has 1 unspecified atom stereocenters. The zero-order valence-electron chi connectivity index (χ0n) is 7.83. The van der Waals surface area contributed by atoms with Crippen molar-refractivity contribution in [2.24, 2.45) is 0 Å². The first-order valence-corrected chi connectivity index (χ1v) is 6.42. The largest absolute Gasteiger partial charge is 0.378 e. The van der Waals surface area contributed by atoms with Crippen molar-refractivity contribution < 1.29 is 4.74 Å². The normalized spacial score (nSPS) is 21.4. The molecule has 1 saturated heterocycles. The fourth-order valence-corrected chi connectivity index (χ4v) is 2.68. The van der Waals surface area contributed by atoms with Gasteiger partial charge < -0.3 is 10.1 Å². The predicted octanol–water partition coefficient (Wildman–Crippen LogP) is 2.89. The maximum atomic E-state index is 5.53. The van der Waals surface area contributed by atoms with Crippen LogP contribution in [-0.4, -0.2) is 24.2 Å². The molecule has 0 aromatic carbocycles. The second-order valence-electron chi connectivity index (χ2n) is 3.32. The molecule has 1 atom stereocenters. The van der Waals surface area contributed by atoms with Crippen molar-refractivity contribution in [3.05, 3.63) is 9.98 Å². The summed E-state index contributed by atoms with van der Waals surface area (Å²) in [5.74, 6) is 0. The van der Waals surface area contributed by atoms with Crippen LogP contribution in [0.15, 0.2) is 9.98 Å². The number of hydrogen-bond donors (Lipinski definition) is 1. The summed E-state index contributed by atoms with van der Waals surface area (Å²) in [6.45, 7) is 1.89. The van der Waals surface area contributed by atoms with Gasteiger partial charge >= 0.3 is 0 Å². The van der Waals surface area contributed by atoms with Gasteiger partial charge in [-0.05, 0) is 35.2 Å². The summed E-state index contributed by atoms with van der Waals surface area (Å²) in [6, 6.07) is 0. The highest BCUT2D eigenvalue weighted by Crippen LogP contribution is 2.23. The molecule has 0 radical (unpaired) electrons. The van der Waals surface area contributed by atoms with E-state index in [4.69, 9.17) is 4.74 Å². The van der Waals surface area contributed by atoms with Crippen LogP contribution in [-0.2, 0) is 4.74 Å². The lowest BCUT2D eigenvalue weighted by Crippen LogP contribution is -2.12. The van der Waals surface area contributed by atoms with Crippen molar-refractivity contribution in [3.63, 3.8) is 0 Å². The third-order valence-electron chi connectivity index (χ3n) is 2.24. The van der Waals surface area contributed by atoms with Gasteiger partial charge in [0.05, 0.1) is 16.1 Å². The molecule has 2 rings (SSSR count). The number of nitrogens with one attached hydrogen (secondary N) is 1. The van der Waals surface area contributed by atoms with Gasteiger partial charge in [0.2, 0.25) is 0 Å². The lowest BCUT2D eigenvalue weighted by Gasteiger charge is -2.08. The molecule has 0 saturated carbocycles. The number of hydrogen-bond acceptors (Lipinski definition) is 4. The van der Waals surface area contributed by atoms with Crippen molar-refractivity contribution >= 4 is 32.4 Å². The first kappa shape index (κ1) is 10.4. The first-order chi connectivity index (χ1) is 6.84. The Labute approximate surface area is 96.0 Å². The van der Waals surface area contributed by atoms with Gasteiger partial charge in [0, 0.05) is 13.2 Å². The van der Waals surface area contributed by atoms with E-state index >= 15 is 0 Å². The molecule has 0 bridgehead atoms. The Morgan fingerprint density at radius 1 is 1.71 bits per heavy atom. The third kappa shape index (κ3) is 2.93. The molecule has 3 nitrogen and oxygen atoms in total. The van der Waals surface area contributed by atoms with Gasteiger partial charge in [0.15, 0.2) is 5.13 Å². The van der Waals surface area contributed by atoms with Crippen molar-refractivity contribution in [2.75, 3.05) is 18.5 Å². The van der Waals surface area contributed by atoms with E-state index in [9.17, 15) is 0 Å². The Bertz CT molecular complexity index is 286. The molecule has 1 aliphatic rings. The first-order valence-electron chi connectivity index (χ1n) is 4.81. The zero-order valence-corrected chi connectivity index (χ0v) is 10.2. The topological polar surface area (TPSA) is 34.2 Å². The van der Waals surface area contributed by atoms with E-state index in [-0.39, 0.29) is 0 Å². The van der Waals surface area contributed by atoms with Gasteiger partial charge in [-0.1, -0.05) is 11.3 Å². The molecule has 1 aliphatic heterocycles. The number of thiazole rings is 1. The third-order valence-corrected chi connectivity index (χ3v) is 3.68. The standard InChI is InChI=1S/C9H13BrN2OS/c10-8-6-12-9(14-8)11-4-3-7-2-1-5-13-7/h6-7H,1-5H2,(H,11,12). The molecule has 14 heavy (non-hydrogen) atoms. The van der Waals surface area contributed by atoms with Crippen molar-refractivity contribution in [1.82, 2.24) is 4.98 Å². The monoisotopic (exact) mass is 276 g/mol. The molecule has 2 heterocycles. The highest BCUT2D eigenvalue weighted by Gasteiger charge is 2.14. The van der Waals surface area contributed by atoms with E-state index in [1.165, 1.54) is 12.8 Å². The second kappa shape index (κ2) is 5.09. The van der Waals surface area contributed by atoms with Crippen LogP contribution in [0.2, 0.25) is 0 Å². The quantitative estimate of drug-likeness (QED) is 0.918. The van der Waals surface area contributed by atoms with Crippen LogP contribution in [0.1, 0.15) is 19.3 Å². The van der Waals surface area contributed by atoms with Crippen LogP contribution >= 0.6 is 27.3 Å². The summed E-state index contributed by atoms with van der Waals surface area (Å²) in [6.07, 6.45) is 5.79. The van der Waals surface area contributed by atoms with Gasteiger partial charge in [-0.15, -0.1) is 0 Å². The second-order valence-corrected chi connectivity index (χ2v) is 5.73. The van der Waals surface area contributed by atoms with Gasteiger partial charge in [-0.3, -0.25) is 0 Å². The molecule has 0 aliphatic carbocycles. The van der Waals surface area contributed by atoms with E-state index in [0.29, 0.717) is 6.10 Å². The minimum absolute atomic E-state index is 0.464. The number of halogens is 1. The van der Waals surface area contributed by atoms with Crippen LogP contribution in [0.4, 0.5) is 5.13 Å². The summed E-state index contributed by atoms with van der Waals surface area (Å²) >= 11 is 5.01.